The van der Waals surface area contributed by atoms with Crippen LogP contribution in [-0.4, -0.2) is 36.5 Å². The molecule has 0 radical (unpaired) electrons. The summed E-state index contributed by atoms with van der Waals surface area (Å²) < 4.78 is 5.46. The van der Waals surface area contributed by atoms with E-state index in [2.05, 4.69) is 33.0 Å². The van der Waals surface area contributed by atoms with Gasteiger partial charge >= 0.3 is 0 Å². The van der Waals surface area contributed by atoms with Crippen molar-refractivity contribution in [3.63, 3.8) is 0 Å². The summed E-state index contributed by atoms with van der Waals surface area (Å²) in [6.45, 7) is 10.1. The van der Waals surface area contributed by atoms with E-state index in [0.717, 1.165) is 26.0 Å². The number of hydrogen-bond acceptors (Lipinski definition) is 3. The third-order valence-corrected chi connectivity index (χ3v) is 3.38. The number of rotatable bonds is 6. The van der Waals surface area contributed by atoms with Gasteiger partial charge in [0.2, 0.25) is 0 Å². The van der Waals surface area contributed by atoms with E-state index in [1.165, 1.54) is 0 Å². The first kappa shape index (κ1) is 12.9. The van der Waals surface area contributed by atoms with E-state index in [9.17, 15) is 5.11 Å². The molecule has 3 heteroatoms. The Morgan fingerprint density at radius 3 is 2.60 bits per heavy atom. The summed E-state index contributed by atoms with van der Waals surface area (Å²) in [5, 5.41) is 13.0. The summed E-state index contributed by atoms with van der Waals surface area (Å²) in [4.78, 5) is 0. The van der Waals surface area contributed by atoms with Crippen LogP contribution in [0.3, 0.4) is 0 Å². The number of aliphatic hydroxyl groups excluding tert-OH is 1. The minimum absolute atomic E-state index is 0.0406. The molecule has 0 aromatic rings. The molecule has 0 bridgehead atoms. The van der Waals surface area contributed by atoms with Crippen molar-refractivity contribution >= 4 is 0 Å². The van der Waals surface area contributed by atoms with Gasteiger partial charge in [-0.3, -0.25) is 0 Å². The molecule has 0 saturated heterocycles. The van der Waals surface area contributed by atoms with Gasteiger partial charge in [0.15, 0.2) is 0 Å². The molecule has 2 unspecified atom stereocenters. The molecule has 1 saturated carbocycles. The molecule has 3 nitrogen and oxygen atoms in total. The maximum Gasteiger partial charge on any atom is 0.0621 e. The summed E-state index contributed by atoms with van der Waals surface area (Å²) in [5.41, 5.74) is 0.0406. The molecule has 1 aliphatic carbocycles. The average Bonchev–Trinajstić information content (AvgIpc) is 2.15. The largest absolute Gasteiger partial charge is 0.392 e. The van der Waals surface area contributed by atoms with Gasteiger partial charge in [-0.2, -0.15) is 0 Å². The van der Waals surface area contributed by atoms with Crippen molar-refractivity contribution in [2.24, 2.45) is 5.41 Å². The van der Waals surface area contributed by atoms with Crippen LogP contribution in [-0.2, 0) is 4.74 Å². The van der Waals surface area contributed by atoms with Crippen LogP contribution in [0.4, 0.5) is 0 Å². The lowest BCUT2D eigenvalue weighted by Gasteiger charge is -2.49. The molecule has 1 aliphatic rings. The zero-order valence-electron chi connectivity index (χ0n) is 10.4. The van der Waals surface area contributed by atoms with Crippen LogP contribution in [0.25, 0.3) is 0 Å². The van der Waals surface area contributed by atoms with Crippen molar-refractivity contribution in [2.45, 2.75) is 58.8 Å². The molecular weight excluding hydrogens is 190 g/mol. The Bertz CT molecular complexity index is 192. The number of hydrogen-bond donors (Lipinski definition) is 2. The summed E-state index contributed by atoms with van der Waals surface area (Å²) in [6, 6.07) is 0.464. The van der Waals surface area contributed by atoms with Crippen molar-refractivity contribution in [3.8, 4) is 0 Å². The summed E-state index contributed by atoms with van der Waals surface area (Å²) in [7, 11) is 0. The second-order valence-corrected chi connectivity index (χ2v) is 5.35. The molecular formula is C12H25NO2. The number of aliphatic hydroxyl groups is 1. The Labute approximate surface area is 93.2 Å². The monoisotopic (exact) mass is 215 g/mol. The van der Waals surface area contributed by atoms with Gasteiger partial charge in [-0.15, -0.1) is 0 Å². The van der Waals surface area contributed by atoms with E-state index in [1.54, 1.807) is 0 Å². The van der Waals surface area contributed by atoms with E-state index in [0.29, 0.717) is 12.1 Å². The van der Waals surface area contributed by atoms with Crippen LogP contribution in [0, 0.1) is 5.41 Å². The van der Waals surface area contributed by atoms with Gasteiger partial charge in [-0.1, -0.05) is 13.8 Å². The van der Waals surface area contributed by atoms with Gasteiger partial charge in [0.25, 0.3) is 0 Å². The Morgan fingerprint density at radius 2 is 2.13 bits per heavy atom. The molecule has 2 atom stereocenters. The average molecular weight is 215 g/mol. The quantitative estimate of drug-likeness (QED) is 0.661. The van der Waals surface area contributed by atoms with Crippen LogP contribution < -0.4 is 5.32 Å². The smallest absolute Gasteiger partial charge is 0.0621 e. The molecule has 1 fully saturated rings. The van der Waals surface area contributed by atoms with Crippen molar-refractivity contribution in [2.75, 3.05) is 13.2 Å². The first-order chi connectivity index (χ1) is 6.94. The number of nitrogens with one attached hydrogen (secondary N) is 1. The van der Waals surface area contributed by atoms with Crippen LogP contribution in [0.5, 0.6) is 0 Å². The first-order valence-corrected chi connectivity index (χ1v) is 5.97. The Hall–Kier alpha value is -0.120. The Balaban J connectivity index is 2.02. The lowest BCUT2D eigenvalue weighted by molar-refractivity contribution is -0.0727. The van der Waals surface area contributed by atoms with Crippen LogP contribution in [0.1, 0.15) is 40.5 Å². The molecule has 0 heterocycles. The highest BCUT2D eigenvalue weighted by molar-refractivity contribution is 5.01. The van der Waals surface area contributed by atoms with Gasteiger partial charge in [0, 0.05) is 18.1 Å². The SMILES string of the molecule is CC(C)OCCCNC1CC(O)C1(C)C. The molecule has 90 valence electrons. The highest BCUT2D eigenvalue weighted by atomic mass is 16.5. The number of ether oxygens (including phenoxy) is 1. The summed E-state index contributed by atoms with van der Waals surface area (Å²) in [5.74, 6) is 0. The van der Waals surface area contributed by atoms with E-state index in [-0.39, 0.29) is 11.5 Å². The third-order valence-electron chi connectivity index (χ3n) is 3.38. The minimum atomic E-state index is -0.137. The summed E-state index contributed by atoms with van der Waals surface area (Å²) in [6.07, 6.45) is 2.12. The Kier molecular flexibility index (Phi) is 4.56. The standard InChI is InChI=1S/C12H25NO2/c1-9(2)15-7-5-6-13-10-8-11(14)12(10,3)4/h9-11,13-14H,5-8H2,1-4H3. The van der Waals surface area contributed by atoms with Crippen molar-refractivity contribution in [3.05, 3.63) is 0 Å². The molecule has 0 amide bonds. The lowest BCUT2D eigenvalue weighted by Crippen LogP contribution is -2.60. The molecule has 1 rings (SSSR count). The lowest BCUT2D eigenvalue weighted by atomic mass is 9.64. The molecule has 0 aromatic heterocycles. The third kappa shape index (κ3) is 3.44. The van der Waals surface area contributed by atoms with E-state index in [4.69, 9.17) is 4.74 Å². The normalized spacial score (nSPS) is 29.2. The minimum Gasteiger partial charge on any atom is -0.392 e. The van der Waals surface area contributed by atoms with Crippen molar-refractivity contribution < 1.29 is 9.84 Å². The highest BCUT2D eigenvalue weighted by Crippen LogP contribution is 2.40. The van der Waals surface area contributed by atoms with Gasteiger partial charge in [-0.25, -0.2) is 0 Å². The Morgan fingerprint density at radius 1 is 1.47 bits per heavy atom. The second-order valence-electron chi connectivity index (χ2n) is 5.35. The summed E-state index contributed by atoms with van der Waals surface area (Å²) >= 11 is 0. The topological polar surface area (TPSA) is 41.5 Å². The fourth-order valence-electron chi connectivity index (χ4n) is 1.92. The van der Waals surface area contributed by atoms with Gasteiger partial charge in [-0.05, 0) is 33.2 Å². The van der Waals surface area contributed by atoms with E-state index < -0.39 is 0 Å². The van der Waals surface area contributed by atoms with Gasteiger partial charge in [0.05, 0.1) is 12.2 Å². The van der Waals surface area contributed by atoms with Crippen molar-refractivity contribution in [1.29, 1.82) is 0 Å². The molecule has 15 heavy (non-hydrogen) atoms. The maximum atomic E-state index is 9.56. The fraction of sp³-hybridized carbons (Fsp3) is 1.00. The molecule has 0 aromatic carbocycles. The van der Waals surface area contributed by atoms with Crippen LogP contribution >= 0.6 is 0 Å². The first-order valence-electron chi connectivity index (χ1n) is 5.97. The van der Waals surface area contributed by atoms with E-state index in [1.807, 2.05) is 0 Å². The van der Waals surface area contributed by atoms with Gasteiger partial charge < -0.3 is 15.2 Å². The zero-order chi connectivity index (χ0) is 11.5. The predicted octanol–water partition coefficient (Wildman–Crippen LogP) is 1.55. The second kappa shape index (κ2) is 5.28. The molecule has 0 spiro atoms. The van der Waals surface area contributed by atoms with E-state index >= 15 is 0 Å². The fourth-order valence-corrected chi connectivity index (χ4v) is 1.92. The maximum absolute atomic E-state index is 9.56. The van der Waals surface area contributed by atoms with Gasteiger partial charge in [0.1, 0.15) is 0 Å². The van der Waals surface area contributed by atoms with Crippen LogP contribution in [0.15, 0.2) is 0 Å². The predicted molar refractivity (Wildman–Crippen MR) is 61.9 cm³/mol. The molecule has 0 aliphatic heterocycles. The molecule has 2 N–H and O–H groups in total. The van der Waals surface area contributed by atoms with Crippen LogP contribution in [0.2, 0.25) is 0 Å². The zero-order valence-corrected chi connectivity index (χ0v) is 10.4. The highest BCUT2D eigenvalue weighted by Gasteiger charge is 2.46. The van der Waals surface area contributed by atoms with Crippen molar-refractivity contribution in [1.82, 2.24) is 5.32 Å².